The molecule has 0 aliphatic heterocycles. The summed E-state index contributed by atoms with van der Waals surface area (Å²) in [4.78, 5) is 0. The third kappa shape index (κ3) is 9.47. The van der Waals surface area contributed by atoms with E-state index in [4.69, 9.17) is 9.47 Å². The molecule has 8 heteroatoms. The highest BCUT2D eigenvalue weighted by molar-refractivity contribution is 7.67. The predicted molar refractivity (Wildman–Crippen MR) is 154 cm³/mol. The van der Waals surface area contributed by atoms with E-state index in [0.717, 1.165) is 28.4 Å². The van der Waals surface area contributed by atoms with Gasteiger partial charge in [0.2, 0.25) is 0 Å². The normalized spacial score (nSPS) is 17.4. The van der Waals surface area contributed by atoms with Gasteiger partial charge in [0.1, 0.15) is 11.5 Å². The molecule has 2 aliphatic carbocycles. The van der Waals surface area contributed by atoms with Gasteiger partial charge in [0, 0.05) is 0 Å². The summed E-state index contributed by atoms with van der Waals surface area (Å²) in [6.07, 6.45) is 14.4. The Bertz CT molecular complexity index is 934. The van der Waals surface area contributed by atoms with Gasteiger partial charge in [-0.2, -0.15) is 0 Å². The largest absolute Gasteiger partial charge is 0.673 e. The maximum atomic E-state index is 9.75. The lowest BCUT2D eigenvalue weighted by Crippen LogP contribution is -2.27. The smallest absolute Gasteiger partial charge is 0.490 e. The van der Waals surface area contributed by atoms with Crippen molar-refractivity contribution in [1.29, 1.82) is 0 Å². The lowest BCUT2D eigenvalue weighted by atomic mass is 9.99. The van der Waals surface area contributed by atoms with Crippen molar-refractivity contribution < 1.29 is 26.7 Å². The first-order valence-electron chi connectivity index (χ1n) is 14.3. The van der Waals surface area contributed by atoms with E-state index in [1.807, 2.05) is 0 Å². The predicted octanol–water partition coefficient (Wildman–Crippen LogP) is 10.0. The molecular weight excluding hydrogens is 510 g/mol. The molecule has 2 aromatic carbocycles. The Balaban J connectivity index is 0.000000732. The maximum absolute atomic E-state index is 9.75. The van der Waals surface area contributed by atoms with E-state index in [-0.39, 0.29) is 20.1 Å². The minimum absolute atomic E-state index is 0.128. The van der Waals surface area contributed by atoms with Gasteiger partial charge >= 0.3 is 7.25 Å². The maximum Gasteiger partial charge on any atom is 0.673 e. The Morgan fingerprint density at radius 3 is 1.50 bits per heavy atom. The number of halogens is 4. The third-order valence-corrected chi connectivity index (χ3v) is 10.7. The summed E-state index contributed by atoms with van der Waals surface area (Å²) in [6, 6.07) is 15.6. The molecule has 2 saturated carbocycles. The van der Waals surface area contributed by atoms with Gasteiger partial charge in [0.15, 0.2) is 0 Å². The van der Waals surface area contributed by atoms with Gasteiger partial charge in [-0.25, -0.2) is 0 Å². The van der Waals surface area contributed by atoms with Gasteiger partial charge < -0.3 is 26.7 Å². The van der Waals surface area contributed by atoms with Crippen molar-refractivity contribution in [1.82, 2.24) is 0 Å². The fourth-order valence-electron chi connectivity index (χ4n) is 5.80. The minimum atomic E-state index is -6.00. The second-order valence-corrected chi connectivity index (χ2v) is 13.7. The molecule has 2 fully saturated rings. The van der Waals surface area contributed by atoms with E-state index in [9.17, 15) is 17.3 Å². The Morgan fingerprint density at radius 2 is 1.08 bits per heavy atom. The van der Waals surface area contributed by atoms with Crippen LogP contribution in [0, 0.1) is 0 Å². The van der Waals surface area contributed by atoms with Crippen LogP contribution < -0.4 is 14.8 Å². The molecular formula is C30H43BF4O2P-. The highest BCUT2D eigenvalue weighted by Crippen LogP contribution is 2.57. The van der Waals surface area contributed by atoms with E-state index in [2.05, 4.69) is 70.2 Å². The molecule has 0 radical (unpaired) electrons. The summed E-state index contributed by atoms with van der Waals surface area (Å²) in [5.74, 6) is 1.91. The molecule has 0 N–H and O–H groups in total. The molecule has 2 aromatic rings. The number of hydrogen-bond acceptors (Lipinski definition) is 2. The topological polar surface area (TPSA) is 18.5 Å². The number of hydrogen-bond donors (Lipinski definition) is 0. The molecule has 0 atom stereocenters. The molecule has 0 bridgehead atoms. The summed E-state index contributed by atoms with van der Waals surface area (Å²) >= 11 is 0. The number of rotatable bonds is 8. The van der Waals surface area contributed by atoms with Crippen molar-refractivity contribution in [2.24, 2.45) is 0 Å². The standard InChI is InChI=1S/C30H43O2P.BF4/c1-22(2)31-27-19-13-20-28(32-23(3)4)30(27)26-18-11-12-21-29(26)33(24-14-7-5-8-15-24)25-16-9-6-10-17-25;2-1(3,4)5/h11-13,18-25H,5-10,14-17H2,1-4H3;/q;-1. The van der Waals surface area contributed by atoms with Crippen LogP contribution in [0.5, 0.6) is 11.5 Å². The van der Waals surface area contributed by atoms with E-state index in [1.165, 1.54) is 69.8 Å². The van der Waals surface area contributed by atoms with Crippen LogP contribution in [-0.2, 0) is 0 Å². The molecule has 0 aromatic heterocycles. The molecule has 4 rings (SSSR count). The van der Waals surface area contributed by atoms with Crippen molar-refractivity contribution in [2.45, 2.75) is 115 Å². The van der Waals surface area contributed by atoms with E-state index in [0.29, 0.717) is 0 Å². The Labute approximate surface area is 227 Å². The molecule has 0 amide bonds. The van der Waals surface area contributed by atoms with Crippen LogP contribution >= 0.6 is 7.92 Å². The first-order valence-corrected chi connectivity index (χ1v) is 15.7. The first-order chi connectivity index (χ1) is 18.0. The SMILES string of the molecule is CC(C)Oc1cccc(OC(C)C)c1-c1ccccc1P(C1CCCCC1)C1CCCCC1.F[B-](F)(F)F. The van der Waals surface area contributed by atoms with Gasteiger partial charge in [-0.1, -0.05) is 76.8 Å². The van der Waals surface area contributed by atoms with Crippen LogP contribution in [0.4, 0.5) is 17.3 Å². The highest BCUT2D eigenvalue weighted by atomic mass is 31.1. The zero-order valence-electron chi connectivity index (χ0n) is 23.3. The van der Waals surface area contributed by atoms with Gasteiger partial charge in [-0.05, 0) is 87.7 Å². The summed E-state index contributed by atoms with van der Waals surface area (Å²) in [6.45, 7) is 8.45. The van der Waals surface area contributed by atoms with Crippen LogP contribution in [0.1, 0.15) is 91.9 Å². The Hall–Kier alpha value is -1.75. The fraction of sp³-hybridized carbons (Fsp3) is 0.600. The number of ether oxygens (including phenoxy) is 2. The van der Waals surface area contributed by atoms with Gasteiger partial charge in [-0.15, -0.1) is 0 Å². The van der Waals surface area contributed by atoms with Gasteiger partial charge in [0.25, 0.3) is 0 Å². The van der Waals surface area contributed by atoms with Crippen molar-refractivity contribution in [2.75, 3.05) is 0 Å². The molecule has 0 heterocycles. The highest BCUT2D eigenvalue weighted by Gasteiger charge is 2.34. The lowest BCUT2D eigenvalue weighted by Gasteiger charge is -2.39. The quantitative estimate of drug-likeness (QED) is 0.184. The molecule has 212 valence electrons. The van der Waals surface area contributed by atoms with E-state index < -0.39 is 7.25 Å². The summed E-state index contributed by atoms with van der Waals surface area (Å²) < 4.78 is 51.7. The Kier molecular flexibility index (Phi) is 11.8. The van der Waals surface area contributed by atoms with Crippen LogP contribution in [0.15, 0.2) is 42.5 Å². The summed E-state index contributed by atoms with van der Waals surface area (Å²) in [5.41, 5.74) is 4.25. The molecule has 2 aliphatic rings. The minimum Gasteiger partial charge on any atom is -0.490 e. The summed E-state index contributed by atoms with van der Waals surface area (Å²) in [5, 5.41) is 1.60. The zero-order valence-corrected chi connectivity index (χ0v) is 24.2. The molecule has 2 nitrogen and oxygen atoms in total. The van der Waals surface area contributed by atoms with Crippen molar-refractivity contribution in [3.8, 4) is 22.6 Å². The van der Waals surface area contributed by atoms with Crippen molar-refractivity contribution in [3.63, 3.8) is 0 Å². The fourth-order valence-corrected chi connectivity index (χ4v) is 9.75. The van der Waals surface area contributed by atoms with Crippen molar-refractivity contribution in [3.05, 3.63) is 42.5 Å². The van der Waals surface area contributed by atoms with Crippen molar-refractivity contribution >= 4 is 20.5 Å². The van der Waals surface area contributed by atoms with Crippen LogP contribution in [0.3, 0.4) is 0 Å². The average molecular weight is 553 g/mol. The summed E-state index contributed by atoms with van der Waals surface area (Å²) in [7, 11) is -6.21. The average Bonchev–Trinajstić information content (AvgIpc) is 2.85. The van der Waals surface area contributed by atoms with Gasteiger partial charge in [0.05, 0.1) is 17.8 Å². The van der Waals surface area contributed by atoms with Crippen LogP contribution in [-0.4, -0.2) is 30.8 Å². The molecule has 0 spiro atoms. The second kappa shape index (κ2) is 14.6. The third-order valence-electron chi connectivity index (χ3n) is 7.10. The molecule has 0 saturated heterocycles. The monoisotopic (exact) mass is 553 g/mol. The van der Waals surface area contributed by atoms with Crippen LogP contribution in [0.2, 0.25) is 0 Å². The molecule has 38 heavy (non-hydrogen) atoms. The van der Waals surface area contributed by atoms with E-state index in [1.54, 1.807) is 5.30 Å². The first kappa shape index (κ1) is 30.8. The Morgan fingerprint density at radius 1 is 0.658 bits per heavy atom. The lowest BCUT2D eigenvalue weighted by molar-refractivity contribution is 0.231. The second-order valence-electron chi connectivity index (χ2n) is 11.0. The number of benzene rings is 2. The molecule has 0 unspecified atom stereocenters. The van der Waals surface area contributed by atoms with E-state index >= 15 is 0 Å². The van der Waals surface area contributed by atoms with Gasteiger partial charge in [-0.3, -0.25) is 0 Å². The van der Waals surface area contributed by atoms with Crippen LogP contribution in [0.25, 0.3) is 11.1 Å². The zero-order chi connectivity index (χ0) is 27.7.